The number of phenolic OH excluding ortho intramolecular Hbond substituents is 1. The van der Waals surface area contributed by atoms with Crippen LogP contribution in [0.15, 0.2) is 52.3 Å². The van der Waals surface area contributed by atoms with Crippen molar-refractivity contribution >= 4 is 21.2 Å². The average Bonchev–Trinajstić information content (AvgIpc) is 2.39. The first-order valence-corrected chi connectivity index (χ1v) is 6.90. The summed E-state index contributed by atoms with van der Waals surface area (Å²) in [6, 6.07) is 9.38. The summed E-state index contributed by atoms with van der Waals surface area (Å²) < 4.78 is 24.7. The summed E-state index contributed by atoms with van der Waals surface area (Å²) in [5, 5.41) is 20.2. The molecule has 0 aromatic heterocycles. The maximum absolute atomic E-state index is 12.4. The van der Waals surface area contributed by atoms with Crippen molar-refractivity contribution in [2.45, 2.75) is 9.79 Å². The van der Waals surface area contributed by atoms with E-state index in [9.17, 15) is 23.6 Å². The second-order valence-corrected chi connectivity index (χ2v) is 5.84. The molecule has 0 saturated heterocycles. The van der Waals surface area contributed by atoms with Gasteiger partial charge in [-0.25, -0.2) is 8.42 Å². The zero-order valence-corrected chi connectivity index (χ0v) is 10.9. The van der Waals surface area contributed by atoms with Crippen molar-refractivity contribution in [3.05, 3.63) is 52.6 Å². The number of phenols is 1. The van der Waals surface area contributed by atoms with E-state index in [1.165, 1.54) is 24.3 Å². The first-order chi connectivity index (χ1) is 9.35. The summed E-state index contributed by atoms with van der Waals surface area (Å²) in [6.45, 7) is 0. The van der Waals surface area contributed by atoms with Crippen LogP contribution in [0.3, 0.4) is 0 Å². The van der Waals surface area contributed by atoms with Gasteiger partial charge in [0, 0.05) is 0 Å². The third-order valence-corrected chi connectivity index (χ3v) is 4.51. The number of anilines is 1. The second-order valence-electron chi connectivity index (χ2n) is 3.92. The van der Waals surface area contributed by atoms with E-state index in [-0.39, 0.29) is 4.90 Å². The zero-order valence-electron chi connectivity index (χ0n) is 10.1. The number of nitro groups is 1. The molecule has 0 fully saturated rings. The van der Waals surface area contributed by atoms with Crippen molar-refractivity contribution in [2.24, 2.45) is 0 Å². The molecule has 0 atom stereocenters. The van der Waals surface area contributed by atoms with Gasteiger partial charge in [0.05, 0.1) is 9.82 Å². The number of rotatable bonds is 3. The molecule has 0 aliphatic rings. The molecule has 0 unspecified atom stereocenters. The summed E-state index contributed by atoms with van der Waals surface area (Å²) in [4.78, 5) is 9.46. The Balaban J connectivity index is 2.72. The minimum atomic E-state index is -3.98. The highest BCUT2D eigenvalue weighted by atomic mass is 32.2. The van der Waals surface area contributed by atoms with Gasteiger partial charge < -0.3 is 10.8 Å². The molecule has 104 valence electrons. The highest BCUT2D eigenvalue weighted by molar-refractivity contribution is 7.91. The van der Waals surface area contributed by atoms with E-state index < -0.39 is 36.8 Å². The molecule has 0 bridgehead atoms. The largest absolute Gasteiger partial charge is 0.502 e. The number of sulfone groups is 1. The molecule has 7 nitrogen and oxygen atoms in total. The Morgan fingerprint density at radius 2 is 1.70 bits per heavy atom. The number of nitrogens with two attached hydrogens (primary N) is 1. The number of hydrogen-bond acceptors (Lipinski definition) is 6. The van der Waals surface area contributed by atoms with Gasteiger partial charge in [-0.1, -0.05) is 18.2 Å². The van der Waals surface area contributed by atoms with Crippen LogP contribution in [-0.2, 0) is 9.84 Å². The third-order valence-electron chi connectivity index (χ3n) is 2.68. The van der Waals surface area contributed by atoms with Crippen molar-refractivity contribution in [3.63, 3.8) is 0 Å². The minimum Gasteiger partial charge on any atom is -0.502 e. The van der Waals surface area contributed by atoms with E-state index in [2.05, 4.69) is 0 Å². The van der Waals surface area contributed by atoms with Gasteiger partial charge in [-0.05, 0) is 24.3 Å². The summed E-state index contributed by atoms with van der Waals surface area (Å²) in [6.07, 6.45) is 0. The Morgan fingerprint density at radius 1 is 1.10 bits per heavy atom. The van der Waals surface area contributed by atoms with Crippen molar-refractivity contribution in [1.29, 1.82) is 0 Å². The van der Waals surface area contributed by atoms with Gasteiger partial charge in [0.1, 0.15) is 10.6 Å². The van der Waals surface area contributed by atoms with Crippen LogP contribution in [0.5, 0.6) is 5.75 Å². The lowest BCUT2D eigenvalue weighted by molar-refractivity contribution is -0.385. The molecule has 0 aliphatic carbocycles. The quantitative estimate of drug-likeness (QED) is 0.504. The molecule has 0 saturated carbocycles. The smallest absolute Gasteiger partial charge is 0.334 e. The highest BCUT2D eigenvalue weighted by Crippen LogP contribution is 2.38. The van der Waals surface area contributed by atoms with Crippen LogP contribution in [0, 0.1) is 10.1 Å². The molecule has 2 aromatic rings. The predicted octanol–water partition coefficient (Wildman–Crippen LogP) is 1.72. The van der Waals surface area contributed by atoms with Crippen LogP contribution >= 0.6 is 0 Å². The van der Waals surface area contributed by atoms with Gasteiger partial charge in [0.15, 0.2) is 5.75 Å². The molecular weight excluding hydrogens is 284 g/mol. The van der Waals surface area contributed by atoms with E-state index in [1.807, 2.05) is 0 Å². The van der Waals surface area contributed by atoms with E-state index >= 15 is 0 Å². The lowest BCUT2D eigenvalue weighted by Gasteiger charge is -2.08. The van der Waals surface area contributed by atoms with Crippen LogP contribution in [-0.4, -0.2) is 18.4 Å². The van der Waals surface area contributed by atoms with Gasteiger partial charge in [-0.15, -0.1) is 0 Å². The Labute approximate surface area is 114 Å². The van der Waals surface area contributed by atoms with E-state index in [4.69, 9.17) is 5.73 Å². The molecule has 0 spiro atoms. The third kappa shape index (κ3) is 2.16. The van der Waals surface area contributed by atoms with E-state index in [0.717, 1.165) is 12.1 Å². The fourth-order valence-corrected chi connectivity index (χ4v) is 3.13. The number of benzene rings is 2. The first kappa shape index (κ1) is 13.8. The molecule has 20 heavy (non-hydrogen) atoms. The molecule has 2 aromatic carbocycles. The molecule has 0 amide bonds. The monoisotopic (exact) mass is 294 g/mol. The van der Waals surface area contributed by atoms with Crippen LogP contribution in [0.1, 0.15) is 0 Å². The fourth-order valence-electron chi connectivity index (χ4n) is 1.73. The van der Waals surface area contributed by atoms with E-state index in [0.29, 0.717) is 0 Å². The maximum Gasteiger partial charge on any atom is 0.334 e. The Kier molecular flexibility index (Phi) is 3.33. The zero-order chi connectivity index (χ0) is 14.9. The number of aromatic hydroxyl groups is 1. The molecule has 0 aliphatic heterocycles. The van der Waals surface area contributed by atoms with Crippen molar-refractivity contribution in [1.82, 2.24) is 0 Å². The highest BCUT2D eigenvalue weighted by Gasteiger charge is 2.28. The van der Waals surface area contributed by atoms with E-state index in [1.54, 1.807) is 6.07 Å². The number of nitrogen functional groups attached to an aromatic ring is 1. The van der Waals surface area contributed by atoms with Gasteiger partial charge in [-0.2, -0.15) is 0 Å². The van der Waals surface area contributed by atoms with Crippen LogP contribution in [0.4, 0.5) is 11.4 Å². The molecule has 0 radical (unpaired) electrons. The average molecular weight is 294 g/mol. The summed E-state index contributed by atoms with van der Waals surface area (Å²) >= 11 is 0. The lowest BCUT2D eigenvalue weighted by Crippen LogP contribution is -2.07. The molecule has 3 N–H and O–H groups in total. The van der Waals surface area contributed by atoms with Crippen LogP contribution in [0.25, 0.3) is 0 Å². The Bertz CT molecular complexity index is 772. The standard InChI is InChI=1S/C12H10N2O5S/c13-11-10(7-6-9(15)12(11)14(16)17)20(18,19)8-4-2-1-3-5-8/h1-7,15H,13H2. The number of hydrogen-bond donors (Lipinski definition) is 2. The Hall–Kier alpha value is -2.61. The number of nitrogens with zero attached hydrogens (tertiary/aromatic N) is 1. The summed E-state index contributed by atoms with van der Waals surface area (Å²) in [5.41, 5.74) is 4.13. The molecule has 0 heterocycles. The molecule has 8 heteroatoms. The van der Waals surface area contributed by atoms with Crippen LogP contribution < -0.4 is 5.73 Å². The summed E-state index contributed by atoms with van der Waals surface area (Å²) in [7, 11) is -3.98. The SMILES string of the molecule is Nc1c(S(=O)(=O)c2ccccc2)ccc(O)c1[N+](=O)[O-]. The van der Waals surface area contributed by atoms with Gasteiger partial charge in [-0.3, -0.25) is 10.1 Å². The fraction of sp³-hybridized carbons (Fsp3) is 0. The maximum atomic E-state index is 12.4. The normalized spacial score (nSPS) is 11.2. The van der Waals surface area contributed by atoms with Gasteiger partial charge in [0.25, 0.3) is 0 Å². The van der Waals surface area contributed by atoms with Gasteiger partial charge in [0.2, 0.25) is 9.84 Å². The topological polar surface area (TPSA) is 124 Å². The molecule has 2 rings (SSSR count). The predicted molar refractivity (Wildman–Crippen MR) is 71.1 cm³/mol. The minimum absolute atomic E-state index is 0.0355. The lowest BCUT2D eigenvalue weighted by atomic mass is 10.2. The van der Waals surface area contributed by atoms with Crippen molar-refractivity contribution in [2.75, 3.05) is 5.73 Å². The van der Waals surface area contributed by atoms with Crippen molar-refractivity contribution < 1.29 is 18.4 Å². The van der Waals surface area contributed by atoms with Gasteiger partial charge >= 0.3 is 5.69 Å². The van der Waals surface area contributed by atoms with Crippen molar-refractivity contribution in [3.8, 4) is 5.75 Å². The molecular formula is C12H10N2O5S. The first-order valence-electron chi connectivity index (χ1n) is 5.41. The number of nitro benzene ring substituents is 1. The van der Waals surface area contributed by atoms with Crippen LogP contribution in [0.2, 0.25) is 0 Å². The summed E-state index contributed by atoms with van der Waals surface area (Å²) in [5.74, 6) is -0.681. The Morgan fingerprint density at radius 3 is 2.25 bits per heavy atom. The second kappa shape index (κ2) is 4.82.